The highest BCUT2D eigenvalue weighted by Crippen LogP contribution is 2.38. The molecule has 0 N–H and O–H groups in total. The maximum atomic E-state index is 11.8. The van der Waals surface area contributed by atoms with Gasteiger partial charge in [-0.2, -0.15) is 0 Å². The first-order valence-electron chi connectivity index (χ1n) is 6.92. The van der Waals surface area contributed by atoms with Gasteiger partial charge in [0.2, 0.25) is 0 Å². The summed E-state index contributed by atoms with van der Waals surface area (Å²) >= 11 is 1.28. The molecule has 0 amide bonds. The zero-order chi connectivity index (χ0) is 15.8. The molecule has 0 aromatic carbocycles. The minimum atomic E-state index is -0.502. The zero-order valence-corrected chi connectivity index (χ0v) is 14.1. The molecule has 1 fully saturated rings. The van der Waals surface area contributed by atoms with Gasteiger partial charge in [-0.25, -0.2) is 4.79 Å². The number of hydrogen-bond donors (Lipinski definition) is 0. The van der Waals surface area contributed by atoms with E-state index in [1.54, 1.807) is 6.07 Å². The van der Waals surface area contributed by atoms with E-state index in [1.165, 1.54) is 18.4 Å². The molecule has 1 aromatic heterocycles. The van der Waals surface area contributed by atoms with Gasteiger partial charge in [0, 0.05) is 4.78 Å². The molecule has 1 aromatic rings. The van der Waals surface area contributed by atoms with Crippen LogP contribution in [-0.2, 0) is 14.0 Å². The van der Waals surface area contributed by atoms with Crippen LogP contribution in [0.5, 0.6) is 5.75 Å². The van der Waals surface area contributed by atoms with Gasteiger partial charge in [0.1, 0.15) is 5.75 Å². The monoisotopic (exact) mass is 312 g/mol. The van der Waals surface area contributed by atoms with Crippen molar-refractivity contribution in [2.24, 2.45) is 0 Å². The molecule has 0 bridgehead atoms. The largest absolute Gasteiger partial charge is 0.505 e. The van der Waals surface area contributed by atoms with E-state index in [2.05, 4.69) is 0 Å². The van der Waals surface area contributed by atoms with Crippen molar-refractivity contribution >= 4 is 29.2 Å². The van der Waals surface area contributed by atoms with E-state index in [1.807, 2.05) is 34.6 Å². The van der Waals surface area contributed by atoms with Crippen LogP contribution in [0, 0.1) is 0 Å². The second-order valence-electron chi connectivity index (χ2n) is 5.85. The lowest BCUT2D eigenvalue weighted by atomic mass is 9.88. The third-order valence-electron chi connectivity index (χ3n) is 3.87. The van der Waals surface area contributed by atoms with Crippen LogP contribution in [-0.4, -0.2) is 38.0 Å². The summed E-state index contributed by atoms with van der Waals surface area (Å²) in [6, 6.07) is 1.79. The standard InChI is InChI=1S/C14H21BO5S/c1-7-18-9-8-10(21-11(9)12(16)17-6)15-19-13(2,3)14(4,5)20-15/h8H,7H2,1-6H3. The fourth-order valence-electron chi connectivity index (χ4n) is 1.97. The van der Waals surface area contributed by atoms with Gasteiger partial charge < -0.3 is 18.8 Å². The summed E-state index contributed by atoms with van der Waals surface area (Å²) in [5.41, 5.74) is -0.836. The van der Waals surface area contributed by atoms with Crippen molar-refractivity contribution in [3.63, 3.8) is 0 Å². The van der Waals surface area contributed by atoms with E-state index in [0.29, 0.717) is 17.2 Å². The number of ether oxygens (including phenoxy) is 2. The van der Waals surface area contributed by atoms with Crippen LogP contribution < -0.4 is 9.51 Å². The summed E-state index contributed by atoms with van der Waals surface area (Å²) in [5.74, 6) is 0.102. The molecule has 2 heterocycles. The van der Waals surface area contributed by atoms with Gasteiger partial charge in [-0.3, -0.25) is 0 Å². The van der Waals surface area contributed by atoms with E-state index in [9.17, 15) is 4.79 Å². The third-order valence-corrected chi connectivity index (χ3v) is 4.99. The van der Waals surface area contributed by atoms with Gasteiger partial charge in [-0.1, -0.05) is 0 Å². The molecule has 1 aliphatic rings. The molecule has 1 aliphatic heterocycles. The van der Waals surface area contributed by atoms with Crippen molar-refractivity contribution in [2.75, 3.05) is 13.7 Å². The van der Waals surface area contributed by atoms with Crippen LogP contribution in [0.4, 0.5) is 0 Å². The molecule has 21 heavy (non-hydrogen) atoms. The molecular weight excluding hydrogens is 291 g/mol. The number of carbonyl (C=O) groups is 1. The third kappa shape index (κ3) is 2.95. The van der Waals surface area contributed by atoms with Gasteiger partial charge in [0.25, 0.3) is 0 Å². The van der Waals surface area contributed by atoms with Gasteiger partial charge in [0.05, 0.1) is 24.9 Å². The fourth-order valence-corrected chi connectivity index (χ4v) is 2.94. The Labute approximate surface area is 129 Å². The predicted molar refractivity (Wildman–Crippen MR) is 82.5 cm³/mol. The van der Waals surface area contributed by atoms with Gasteiger partial charge in [-0.15, -0.1) is 11.3 Å². The number of rotatable bonds is 4. The van der Waals surface area contributed by atoms with E-state index < -0.39 is 24.3 Å². The Hall–Kier alpha value is -1.05. The Bertz CT molecular complexity index is 521. The first-order valence-corrected chi connectivity index (χ1v) is 7.74. The molecule has 0 spiro atoms. The normalized spacial score (nSPS) is 19.6. The molecule has 2 rings (SSSR count). The van der Waals surface area contributed by atoms with Crippen molar-refractivity contribution in [3.05, 3.63) is 10.9 Å². The summed E-state index contributed by atoms with van der Waals surface area (Å²) in [4.78, 5) is 12.3. The summed E-state index contributed by atoms with van der Waals surface area (Å²) < 4.78 is 23.1. The molecule has 0 radical (unpaired) electrons. The predicted octanol–water partition coefficient (Wildman–Crippen LogP) is 2.23. The summed E-state index contributed by atoms with van der Waals surface area (Å²) in [6.45, 7) is 10.3. The first kappa shape index (κ1) is 16.3. The highest BCUT2D eigenvalue weighted by atomic mass is 32.1. The number of esters is 1. The molecule has 0 saturated carbocycles. The second-order valence-corrected chi connectivity index (χ2v) is 6.94. The van der Waals surface area contributed by atoms with Crippen molar-refractivity contribution in [1.82, 2.24) is 0 Å². The Morgan fingerprint density at radius 2 is 1.86 bits per heavy atom. The molecule has 5 nitrogen and oxygen atoms in total. The summed E-state index contributed by atoms with van der Waals surface area (Å²) in [6.07, 6.45) is 0. The van der Waals surface area contributed by atoms with E-state index >= 15 is 0 Å². The van der Waals surface area contributed by atoms with Crippen molar-refractivity contribution < 1.29 is 23.6 Å². The highest BCUT2D eigenvalue weighted by molar-refractivity contribution is 7.24. The molecular formula is C14H21BO5S. The zero-order valence-electron chi connectivity index (χ0n) is 13.3. The number of hydrogen-bond acceptors (Lipinski definition) is 6. The molecule has 7 heteroatoms. The van der Waals surface area contributed by atoms with Crippen molar-refractivity contribution in [3.8, 4) is 5.75 Å². The van der Waals surface area contributed by atoms with E-state index in [0.717, 1.165) is 4.78 Å². The van der Waals surface area contributed by atoms with Crippen LogP contribution in [0.15, 0.2) is 6.07 Å². The molecule has 0 aliphatic carbocycles. The fraction of sp³-hybridized carbons (Fsp3) is 0.643. The number of methoxy groups -OCH3 is 1. The molecule has 1 saturated heterocycles. The molecule has 0 unspecified atom stereocenters. The smallest absolute Gasteiger partial charge is 0.492 e. The number of thiophene rings is 1. The lowest BCUT2D eigenvalue weighted by Gasteiger charge is -2.32. The summed E-state index contributed by atoms with van der Waals surface area (Å²) in [7, 11) is 0.851. The number of carbonyl (C=O) groups excluding carboxylic acids is 1. The quantitative estimate of drug-likeness (QED) is 0.630. The van der Waals surface area contributed by atoms with Gasteiger partial charge in [0.15, 0.2) is 4.88 Å². The van der Waals surface area contributed by atoms with Crippen LogP contribution in [0.1, 0.15) is 44.3 Å². The average molecular weight is 312 g/mol. The SMILES string of the molecule is CCOc1cc(B2OC(C)(C)C(C)(C)O2)sc1C(=O)OC. The van der Waals surface area contributed by atoms with Crippen molar-refractivity contribution in [1.29, 1.82) is 0 Å². The Kier molecular flexibility index (Phi) is 4.37. The second kappa shape index (κ2) is 5.63. The Balaban J connectivity index is 2.32. The minimum Gasteiger partial charge on any atom is -0.492 e. The van der Waals surface area contributed by atoms with Crippen molar-refractivity contribution in [2.45, 2.75) is 45.8 Å². The summed E-state index contributed by atoms with van der Waals surface area (Å²) in [5, 5.41) is 0. The lowest BCUT2D eigenvalue weighted by Crippen LogP contribution is -2.41. The molecule has 116 valence electrons. The Morgan fingerprint density at radius 3 is 2.33 bits per heavy atom. The van der Waals surface area contributed by atoms with Crippen LogP contribution >= 0.6 is 11.3 Å². The van der Waals surface area contributed by atoms with Gasteiger partial charge >= 0.3 is 13.1 Å². The Morgan fingerprint density at radius 1 is 1.29 bits per heavy atom. The van der Waals surface area contributed by atoms with Crippen LogP contribution in [0.25, 0.3) is 0 Å². The van der Waals surface area contributed by atoms with Crippen LogP contribution in [0.2, 0.25) is 0 Å². The lowest BCUT2D eigenvalue weighted by molar-refractivity contribution is 0.00578. The van der Waals surface area contributed by atoms with E-state index in [-0.39, 0.29) is 0 Å². The maximum Gasteiger partial charge on any atom is 0.505 e. The minimum absolute atomic E-state index is 0.411. The highest BCUT2D eigenvalue weighted by Gasteiger charge is 2.52. The van der Waals surface area contributed by atoms with Crippen LogP contribution in [0.3, 0.4) is 0 Å². The first-order chi connectivity index (χ1) is 9.71. The maximum absolute atomic E-state index is 11.8. The topological polar surface area (TPSA) is 54.0 Å². The molecule has 0 atom stereocenters. The van der Waals surface area contributed by atoms with E-state index in [4.69, 9.17) is 18.8 Å². The van der Waals surface area contributed by atoms with Gasteiger partial charge in [-0.05, 0) is 40.7 Å². The average Bonchev–Trinajstić information content (AvgIpc) is 2.89.